The van der Waals surface area contributed by atoms with Crippen molar-refractivity contribution < 1.29 is 56.9 Å². The van der Waals surface area contributed by atoms with Crippen molar-refractivity contribution >= 4 is 22.0 Å². The van der Waals surface area contributed by atoms with Gasteiger partial charge in [0.05, 0.1) is 29.5 Å². The molecule has 1 aliphatic rings. The quantitative estimate of drug-likeness (QED) is 0.137. The van der Waals surface area contributed by atoms with Crippen LogP contribution in [0.25, 0.3) is 0 Å². The number of nitrogens with zero attached hydrogens (tertiary/aromatic N) is 4. The third kappa shape index (κ3) is 11.8. The molecule has 52 heavy (non-hydrogen) atoms. The lowest BCUT2D eigenvalue weighted by Crippen LogP contribution is -2.30. The maximum Gasteiger partial charge on any atom is 0.416 e. The monoisotopic (exact) mass is 772 g/mol. The third-order valence-corrected chi connectivity index (χ3v) is 9.26. The first kappa shape index (κ1) is 40.8. The Hall–Kier alpha value is -3.94. The molecule has 0 aliphatic heterocycles. The first-order chi connectivity index (χ1) is 24.0. The normalized spacial score (nSPS) is 17.9. The van der Waals surface area contributed by atoms with Crippen LogP contribution in [0.15, 0.2) is 30.3 Å². The van der Waals surface area contributed by atoms with Crippen molar-refractivity contribution in [2.24, 2.45) is 11.8 Å². The standard InChI is InChI=1S/C32H37F9N6O4S/c1-18-10-26(19(2)42-16-21-6-4-20(5-7-21)13-28(48)51-52(3,49)50)23(14-27(18)32(39,40)41)17-43-29-44-46-47(45-29)9-8-22-11-24(30(33,34)35)15-25(12-22)31(36,37)38/h10-12,14-15,19-21,42H,4-9,13,16-17H2,1-3H3,(H,43,45). The van der Waals surface area contributed by atoms with E-state index in [4.69, 9.17) is 0 Å². The zero-order chi connectivity index (χ0) is 38.6. The van der Waals surface area contributed by atoms with Gasteiger partial charge in [0.25, 0.3) is 5.95 Å². The summed E-state index contributed by atoms with van der Waals surface area (Å²) in [5.41, 5.74) is -3.18. The number of carbonyl (C=O) groups excluding carboxylic acids is 1. The number of halogens is 9. The number of benzene rings is 2. The highest BCUT2D eigenvalue weighted by Crippen LogP contribution is 2.38. The highest BCUT2D eigenvalue weighted by atomic mass is 32.2. The molecule has 1 aliphatic carbocycles. The summed E-state index contributed by atoms with van der Waals surface area (Å²) in [4.78, 5) is 12.8. The van der Waals surface area contributed by atoms with E-state index < -0.39 is 57.3 Å². The van der Waals surface area contributed by atoms with Gasteiger partial charge < -0.3 is 14.8 Å². The van der Waals surface area contributed by atoms with Gasteiger partial charge in [0.2, 0.25) is 0 Å². The van der Waals surface area contributed by atoms with Crippen molar-refractivity contribution in [3.8, 4) is 0 Å². The minimum Gasteiger partial charge on any atom is -0.348 e. The Morgan fingerprint density at radius 3 is 2.08 bits per heavy atom. The minimum atomic E-state index is -5.01. The first-order valence-corrected chi connectivity index (χ1v) is 18.0. The molecule has 2 aromatic carbocycles. The molecule has 1 unspecified atom stereocenters. The molecular weight excluding hydrogens is 735 g/mol. The van der Waals surface area contributed by atoms with Gasteiger partial charge in [-0.3, -0.25) is 4.79 Å². The second-order valence-electron chi connectivity index (χ2n) is 13.0. The van der Waals surface area contributed by atoms with E-state index in [2.05, 4.69) is 30.2 Å². The highest BCUT2D eigenvalue weighted by Gasteiger charge is 2.37. The molecule has 0 bridgehead atoms. The molecule has 0 spiro atoms. The summed E-state index contributed by atoms with van der Waals surface area (Å²) in [7, 11) is -3.88. The van der Waals surface area contributed by atoms with Gasteiger partial charge in [0, 0.05) is 19.0 Å². The molecule has 4 rings (SSSR count). The summed E-state index contributed by atoms with van der Waals surface area (Å²) >= 11 is 0. The van der Waals surface area contributed by atoms with Gasteiger partial charge in [-0.15, -0.1) is 5.10 Å². The summed E-state index contributed by atoms with van der Waals surface area (Å²) in [5, 5.41) is 17.7. The number of aromatic nitrogens is 4. The number of carbonyl (C=O) groups is 1. The number of aryl methyl sites for hydroxylation is 3. The van der Waals surface area contributed by atoms with Crippen molar-refractivity contribution in [3.63, 3.8) is 0 Å². The second kappa shape index (κ2) is 16.0. The highest BCUT2D eigenvalue weighted by molar-refractivity contribution is 7.86. The Balaban J connectivity index is 1.40. The van der Waals surface area contributed by atoms with E-state index in [9.17, 15) is 52.7 Å². The molecule has 1 saturated carbocycles. The molecule has 288 valence electrons. The Morgan fingerprint density at radius 1 is 0.923 bits per heavy atom. The lowest BCUT2D eigenvalue weighted by Gasteiger charge is -2.29. The topological polar surface area (TPSA) is 128 Å². The molecule has 1 fully saturated rings. The zero-order valence-electron chi connectivity index (χ0n) is 28.2. The van der Waals surface area contributed by atoms with E-state index in [-0.39, 0.29) is 66.5 Å². The third-order valence-electron chi connectivity index (χ3n) is 8.77. The lowest BCUT2D eigenvalue weighted by molar-refractivity contribution is -0.143. The average Bonchev–Trinajstić information content (AvgIpc) is 3.48. The number of alkyl halides is 9. The second-order valence-corrected chi connectivity index (χ2v) is 14.5. The van der Waals surface area contributed by atoms with Crippen LogP contribution in [0.3, 0.4) is 0 Å². The Bertz CT molecular complexity index is 1790. The zero-order valence-corrected chi connectivity index (χ0v) is 29.0. The summed E-state index contributed by atoms with van der Waals surface area (Å²) in [6, 6.07) is 3.29. The van der Waals surface area contributed by atoms with Crippen molar-refractivity contribution in [2.45, 2.75) is 90.0 Å². The van der Waals surface area contributed by atoms with E-state index in [1.54, 1.807) is 6.92 Å². The van der Waals surface area contributed by atoms with Crippen molar-refractivity contribution in [1.82, 2.24) is 25.5 Å². The van der Waals surface area contributed by atoms with Crippen LogP contribution >= 0.6 is 0 Å². The van der Waals surface area contributed by atoms with Gasteiger partial charge >= 0.3 is 34.6 Å². The van der Waals surface area contributed by atoms with E-state index in [1.165, 1.54) is 13.0 Å². The molecule has 1 aromatic heterocycles. The maximum absolute atomic E-state index is 13.9. The number of rotatable bonds is 13. The molecule has 0 amide bonds. The molecule has 0 radical (unpaired) electrons. The largest absolute Gasteiger partial charge is 0.416 e. The summed E-state index contributed by atoms with van der Waals surface area (Å²) < 4.78 is 148. The summed E-state index contributed by atoms with van der Waals surface area (Å²) in [6.45, 7) is 3.26. The molecule has 1 heterocycles. The fourth-order valence-electron chi connectivity index (χ4n) is 6.14. The number of tetrazole rings is 1. The predicted octanol–water partition coefficient (Wildman–Crippen LogP) is 7.24. The smallest absolute Gasteiger partial charge is 0.348 e. The Labute approximate surface area is 293 Å². The van der Waals surface area contributed by atoms with Crippen molar-refractivity contribution in [1.29, 1.82) is 0 Å². The predicted molar refractivity (Wildman–Crippen MR) is 169 cm³/mol. The number of hydrogen-bond donors (Lipinski definition) is 2. The number of anilines is 1. The minimum absolute atomic E-state index is 0.00788. The van der Waals surface area contributed by atoms with Crippen LogP contribution < -0.4 is 10.6 Å². The van der Waals surface area contributed by atoms with Crippen LogP contribution in [0.1, 0.15) is 84.0 Å². The maximum atomic E-state index is 13.9. The first-order valence-electron chi connectivity index (χ1n) is 16.1. The van der Waals surface area contributed by atoms with Gasteiger partial charge in [-0.25, -0.2) is 0 Å². The Morgan fingerprint density at radius 2 is 1.52 bits per heavy atom. The van der Waals surface area contributed by atoms with E-state index in [1.807, 2.05) is 0 Å². The van der Waals surface area contributed by atoms with Crippen LogP contribution in [0.5, 0.6) is 0 Å². The van der Waals surface area contributed by atoms with Gasteiger partial charge in [0.1, 0.15) is 0 Å². The van der Waals surface area contributed by atoms with E-state index >= 15 is 0 Å². The van der Waals surface area contributed by atoms with Crippen LogP contribution in [0, 0.1) is 18.8 Å². The van der Waals surface area contributed by atoms with Crippen molar-refractivity contribution in [3.05, 3.63) is 69.3 Å². The van der Waals surface area contributed by atoms with Crippen molar-refractivity contribution in [2.75, 3.05) is 18.1 Å². The van der Waals surface area contributed by atoms with Crippen LogP contribution in [-0.4, -0.2) is 47.4 Å². The van der Waals surface area contributed by atoms with Gasteiger partial charge in [-0.05, 0) is 116 Å². The molecule has 3 aromatic rings. The fraction of sp³-hybridized carbons (Fsp3) is 0.562. The SMILES string of the molecule is Cc1cc(C(C)NCC2CCC(CC(=O)OS(C)(=O)=O)CC2)c(CNc2nnn(CCc3cc(C(F)(F)F)cc(C(F)(F)F)c3)n2)cc1C(F)(F)F. The van der Waals surface area contributed by atoms with Gasteiger partial charge in [-0.1, -0.05) is 11.2 Å². The van der Waals surface area contributed by atoms with Crippen LogP contribution in [-0.2, 0) is 57.1 Å². The van der Waals surface area contributed by atoms with E-state index in [0.717, 1.165) is 30.0 Å². The number of hydrogen-bond acceptors (Lipinski definition) is 9. The van der Waals surface area contributed by atoms with Gasteiger partial charge in [0.15, 0.2) is 0 Å². The summed E-state index contributed by atoms with van der Waals surface area (Å²) in [6.07, 6.45) is -11.3. The molecule has 1 atom stereocenters. The van der Waals surface area contributed by atoms with Crippen LogP contribution in [0.2, 0.25) is 0 Å². The van der Waals surface area contributed by atoms with E-state index in [0.29, 0.717) is 37.1 Å². The lowest BCUT2D eigenvalue weighted by atomic mass is 9.80. The molecular formula is C32H37F9N6O4S. The molecule has 0 saturated heterocycles. The summed E-state index contributed by atoms with van der Waals surface area (Å²) in [5.74, 6) is -0.741. The molecule has 20 heteroatoms. The number of nitrogens with one attached hydrogen (secondary N) is 2. The van der Waals surface area contributed by atoms with Crippen LogP contribution in [0.4, 0.5) is 45.5 Å². The fourth-order valence-corrected chi connectivity index (χ4v) is 6.55. The molecule has 2 N–H and O–H groups in total. The average molecular weight is 773 g/mol. The molecule has 10 nitrogen and oxygen atoms in total. The van der Waals surface area contributed by atoms with Gasteiger partial charge in [-0.2, -0.15) is 52.7 Å². The Kier molecular flexibility index (Phi) is 12.5.